The fraction of sp³-hybridized carbons (Fsp3) is 0.0909. The van der Waals surface area contributed by atoms with E-state index in [1.54, 1.807) is 42.5 Å². The molecule has 1 unspecified atom stereocenters. The molecule has 1 N–H and O–H groups in total. The van der Waals surface area contributed by atoms with Crippen LogP contribution in [-0.4, -0.2) is 11.9 Å². The largest absolute Gasteiger partial charge is 0.454 e. The van der Waals surface area contributed by atoms with Gasteiger partial charge < -0.3 is 10.1 Å². The van der Waals surface area contributed by atoms with E-state index in [-0.39, 0.29) is 18.0 Å². The molecule has 0 radical (unpaired) electrons. The van der Waals surface area contributed by atoms with Crippen molar-refractivity contribution in [2.75, 3.05) is 5.32 Å². The van der Waals surface area contributed by atoms with Crippen molar-refractivity contribution >= 4 is 29.2 Å². The third-order valence-corrected chi connectivity index (χ3v) is 4.86. The van der Waals surface area contributed by atoms with E-state index >= 15 is 0 Å². The normalized spacial score (nSPS) is 15.6. The van der Waals surface area contributed by atoms with Gasteiger partial charge in [-0.15, -0.1) is 0 Å². The highest BCUT2D eigenvalue weighted by atomic mass is 35.5. The van der Waals surface area contributed by atoms with Gasteiger partial charge in [-0.25, -0.2) is 4.79 Å². The Kier molecular flexibility index (Phi) is 4.65. The molecule has 0 spiro atoms. The lowest BCUT2D eigenvalue weighted by molar-refractivity contribution is 0.0252. The summed E-state index contributed by atoms with van der Waals surface area (Å²) in [6.45, 7) is 0. The molecule has 0 aromatic heterocycles. The minimum Gasteiger partial charge on any atom is -0.454 e. The maximum absolute atomic E-state index is 12.6. The zero-order valence-corrected chi connectivity index (χ0v) is 15.1. The molecule has 5 heteroatoms. The number of rotatable bonds is 3. The van der Waals surface area contributed by atoms with Crippen LogP contribution in [0, 0.1) is 0 Å². The number of ether oxygens (including phenoxy) is 1. The SMILES string of the molecule is O=C(Nc1ccccc1Cl)c1ccc2c(c1)CC(c1ccccc1)OC2=O. The first-order valence-corrected chi connectivity index (χ1v) is 8.94. The lowest BCUT2D eigenvalue weighted by Crippen LogP contribution is -2.23. The van der Waals surface area contributed by atoms with E-state index in [1.807, 2.05) is 30.3 Å². The van der Waals surface area contributed by atoms with E-state index < -0.39 is 0 Å². The minimum absolute atomic E-state index is 0.277. The fourth-order valence-electron chi connectivity index (χ4n) is 3.15. The average Bonchev–Trinajstić information content (AvgIpc) is 2.70. The van der Waals surface area contributed by atoms with Crippen molar-refractivity contribution < 1.29 is 14.3 Å². The van der Waals surface area contributed by atoms with Gasteiger partial charge in [0.1, 0.15) is 6.10 Å². The molecule has 1 heterocycles. The van der Waals surface area contributed by atoms with Crippen LogP contribution in [0.3, 0.4) is 0 Å². The summed E-state index contributed by atoms with van der Waals surface area (Å²) in [6.07, 6.45) is 0.172. The van der Waals surface area contributed by atoms with E-state index in [9.17, 15) is 9.59 Å². The quantitative estimate of drug-likeness (QED) is 0.650. The van der Waals surface area contributed by atoms with Crippen molar-refractivity contribution in [2.24, 2.45) is 0 Å². The molecule has 4 nitrogen and oxygen atoms in total. The fourth-order valence-corrected chi connectivity index (χ4v) is 3.33. The predicted molar refractivity (Wildman–Crippen MR) is 104 cm³/mol. The number of anilines is 1. The predicted octanol–water partition coefficient (Wildman–Crippen LogP) is 5.05. The lowest BCUT2D eigenvalue weighted by Gasteiger charge is -2.25. The van der Waals surface area contributed by atoms with E-state index in [0.29, 0.717) is 28.3 Å². The Bertz CT molecular complexity index is 1020. The third-order valence-electron chi connectivity index (χ3n) is 4.54. The molecule has 1 aliphatic rings. The van der Waals surface area contributed by atoms with Crippen molar-refractivity contribution in [2.45, 2.75) is 12.5 Å². The Morgan fingerprint density at radius 1 is 1.00 bits per heavy atom. The molecule has 3 aromatic carbocycles. The highest BCUT2D eigenvalue weighted by molar-refractivity contribution is 6.33. The average molecular weight is 378 g/mol. The molecule has 1 aliphatic heterocycles. The number of cyclic esters (lactones) is 1. The smallest absolute Gasteiger partial charge is 0.339 e. The summed E-state index contributed by atoms with van der Waals surface area (Å²) in [5.74, 6) is -0.649. The van der Waals surface area contributed by atoms with Gasteiger partial charge >= 0.3 is 5.97 Å². The van der Waals surface area contributed by atoms with Crippen LogP contribution < -0.4 is 5.32 Å². The van der Waals surface area contributed by atoms with Gasteiger partial charge in [-0.3, -0.25) is 4.79 Å². The van der Waals surface area contributed by atoms with Crippen LogP contribution in [0.25, 0.3) is 0 Å². The second kappa shape index (κ2) is 7.25. The summed E-state index contributed by atoms with van der Waals surface area (Å²) < 4.78 is 5.55. The molecule has 4 rings (SSSR count). The number of hydrogen-bond acceptors (Lipinski definition) is 3. The zero-order chi connectivity index (χ0) is 18.8. The summed E-state index contributed by atoms with van der Waals surface area (Å²) >= 11 is 6.10. The molecule has 0 bridgehead atoms. The maximum Gasteiger partial charge on any atom is 0.339 e. The van der Waals surface area contributed by atoms with Crippen molar-refractivity contribution in [1.29, 1.82) is 0 Å². The number of nitrogens with one attached hydrogen (secondary N) is 1. The van der Waals surface area contributed by atoms with Crippen molar-refractivity contribution in [3.05, 3.63) is 100 Å². The van der Waals surface area contributed by atoms with E-state index in [1.165, 1.54) is 0 Å². The number of amides is 1. The van der Waals surface area contributed by atoms with Gasteiger partial charge in [0, 0.05) is 12.0 Å². The number of benzene rings is 3. The molecule has 1 atom stereocenters. The molecule has 0 saturated heterocycles. The molecule has 0 fully saturated rings. The van der Waals surface area contributed by atoms with Gasteiger partial charge in [0.2, 0.25) is 0 Å². The molecule has 0 aliphatic carbocycles. The van der Waals surface area contributed by atoms with Crippen molar-refractivity contribution in [3.63, 3.8) is 0 Å². The van der Waals surface area contributed by atoms with Crippen LogP contribution in [0.1, 0.15) is 37.9 Å². The molecule has 3 aromatic rings. The number of carbonyl (C=O) groups is 2. The van der Waals surface area contributed by atoms with E-state index in [0.717, 1.165) is 11.1 Å². The Hall–Kier alpha value is -3.11. The monoisotopic (exact) mass is 377 g/mol. The Morgan fingerprint density at radius 2 is 1.74 bits per heavy atom. The number of carbonyl (C=O) groups excluding carboxylic acids is 2. The zero-order valence-electron chi connectivity index (χ0n) is 14.3. The molecule has 27 heavy (non-hydrogen) atoms. The molecular formula is C22H16ClNO3. The summed E-state index contributed by atoms with van der Waals surface area (Å²) in [5.41, 5.74) is 3.24. The first-order chi connectivity index (χ1) is 13.1. The van der Waals surface area contributed by atoms with Gasteiger partial charge in [-0.2, -0.15) is 0 Å². The van der Waals surface area contributed by atoms with Crippen LogP contribution in [-0.2, 0) is 11.2 Å². The topological polar surface area (TPSA) is 55.4 Å². The number of esters is 1. The Labute approximate surface area is 161 Å². The van der Waals surface area contributed by atoms with Gasteiger partial charge in [-0.1, -0.05) is 54.1 Å². The van der Waals surface area contributed by atoms with Gasteiger partial charge in [0.15, 0.2) is 0 Å². The van der Waals surface area contributed by atoms with Gasteiger partial charge in [0.05, 0.1) is 16.3 Å². The standard InChI is InChI=1S/C22H16ClNO3/c23-18-8-4-5-9-19(18)24-21(25)15-10-11-17-16(12-15)13-20(27-22(17)26)14-6-2-1-3-7-14/h1-12,20H,13H2,(H,24,25). The van der Waals surface area contributed by atoms with Crippen molar-refractivity contribution in [1.82, 2.24) is 0 Å². The van der Waals surface area contributed by atoms with Crippen LogP contribution >= 0.6 is 11.6 Å². The third kappa shape index (κ3) is 3.57. The number of halogens is 1. The summed E-state index contributed by atoms with van der Waals surface area (Å²) in [7, 11) is 0. The molecule has 1 amide bonds. The lowest BCUT2D eigenvalue weighted by atomic mass is 9.93. The van der Waals surface area contributed by atoms with Gasteiger partial charge in [-0.05, 0) is 41.5 Å². The van der Waals surface area contributed by atoms with Crippen LogP contribution in [0.4, 0.5) is 5.69 Å². The first kappa shape index (κ1) is 17.3. The summed E-state index contributed by atoms with van der Waals surface area (Å²) in [6, 6.07) is 21.6. The van der Waals surface area contributed by atoms with Crippen LogP contribution in [0.5, 0.6) is 0 Å². The molecule has 134 valence electrons. The highest BCUT2D eigenvalue weighted by Gasteiger charge is 2.28. The Morgan fingerprint density at radius 3 is 2.52 bits per heavy atom. The number of fused-ring (bicyclic) bond motifs is 1. The summed E-state index contributed by atoms with van der Waals surface area (Å²) in [5, 5.41) is 3.27. The van der Waals surface area contributed by atoms with Gasteiger partial charge in [0.25, 0.3) is 5.91 Å². The van der Waals surface area contributed by atoms with E-state index in [2.05, 4.69) is 5.32 Å². The van der Waals surface area contributed by atoms with Crippen molar-refractivity contribution in [3.8, 4) is 0 Å². The van der Waals surface area contributed by atoms with Crippen LogP contribution in [0.15, 0.2) is 72.8 Å². The van der Waals surface area contributed by atoms with E-state index in [4.69, 9.17) is 16.3 Å². The molecule has 0 saturated carbocycles. The highest BCUT2D eigenvalue weighted by Crippen LogP contribution is 2.31. The second-order valence-electron chi connectivity index (χ2n) is 6.31. The Balaban J connectivity index is 1.60. The minimum atomic E-state index is -0.372. The van der Waals surface area contributed by atoms with Crippen LogP contribution in [0.2, 0.25) is 5.02 Å². The number of para-hydroxylation sites is 1. The summed E-state index contributed by atoms with van der Waals surface area (Å²) in [4.78, 5) is 24.9. The second-order valence-corrected chi connectivity index (χ2v) is 6.72. The maximum atomic E-state index is 12.6. The molecular weight excluding hydrogens is 362 g/mol. The number of hydrogen-bond donors (Lipinski definition) is 1. The first-order valence-electron chi connectivity index (χ1n) is 8.56.